The molecule has 0 atom stereocenters. The molecule has 0 radical (unpaired) electrons. The molecule has 4 aromatic rings. The van der Waals surface area contributed by atoms with Crippen LogP contribution in [0.2, 0.25) is 0 Å². The van der Waals surface area contributed by atoms with E-state index in [2.05, 4.69) is 39.6 Å². The van der Waals surface area contributed by atoms with Crippen molar-refractivity contribution in [1.82, 2.24) is 24.9 Å². The maximum absolute atomic E-state index is 6.63. The van der Waals surface area contributed by atoms with Crippen LogP contribution in [0.3, 0.4) is 0 Å². The maximum Gasteiger partial charge on any atom is 0.167 e. The molecule has 2 aliphatic rings. The topological polar surface area (TPSA) is 84.4 Å². The Morgan fingerprint density at radius 3 is 2.59 bits per heavy atom. The highest BCUT2D eigenvalue weighted by Gasteiger charge is 2.29. The van der Waals surface area contributed by atoms with E-state index in [1.165, 1.54) is 0 Å². The van der Waals surface area contributed by atoms with Crippen LogP contribution in [0.25, 0.3) is 28.0 Å². The molecule has 1 saturated heterocycles. The van der Waals surface area contributed by atoms with Crippen LogP contribution in [-0.2, 0) is 6.42 Å². The number of hydrogen-bond donors (Lipinski definition) is 2. The van der Waals surface area contributed by atoms with Gasteiger partial charge in [0, 0.05) is 41.0 Å². The summed E-state index contributed by atoms with van der Waals surface area (Å²) in [6.45, 7) is 3.16. The molecule has 6 rings (SSSR count). The summed E-state index contributed by atoms with van der Waals surface area (Å²) in [4.78, 5) is 12.3. The average Bonchev–Trinajstić information content (AvgIpc) is 3.29. The fourth-order valence-corrected chi connectivity index (χ4v) is 5.06. The van der Waals surface area contributed by atoms with Crippen LogP contribution in [0.5, 0.6) is 0 Å². The summed E-state index contributed by atoms with van der Waals surface area (Å²) in [7, 11) is 0. The Labute approximate surface area is 187 Å². The molecule has 5 heterocycles. The van der Waals surface area contributed by atoms with E-state index in [9.17, 15) is 0 Å². The molecule has 0 bridgehead atoms. The van der Waals surface area contributed by atoms with E-state index in [0.717, 1.165) is 84.7 Å². The SMILES string of the molecule is Nc1c2c(nc3c(-c4ccc(-c5ccccc5)nc4)cnn13)N(C1CCNCC1)CCC2. The zero-order chi connectivity index (χ0) is 21.5. The smallest absolute Gasteiger partial charge is 0.167 e. The highest BCUT2D eigenvalue weighted by Crippen LogP contribution is 2.36. The van der Waals surface area contributed by atoms with E-state index in [0.29, 0.717) is 11.9 Å². The number of nitrogens with zero attached hydrogens (tertiary/aromatic N) is 5. The standard InChI is InChI=1S/C25H27N7/c26-23-20-7-4-14-31(19-10-12-27-13-11-19)24(20)30-25-21(16-29-32(23)25)18-8-9-22(28-15-18)17-5-2-1-3-6-17/h1-3,5-6,8-9,15-16,19,27H,4,7,10-14,26H2. The number of fused-ring (bicyclic) bond motifs is 2. The van der Waals surface area contributed by atoms with E-state index in [1.807, 2.05) is 30.6 Å². The van der Waals surface area contributed by atoms with Crippen molar-refractivity contribution in [3.05, 3.63) is 60.4 Å². The molecule has 7 heteroatoms. The number of rotatable bonds is 3. The summed E-state index contributed by atoms with van der Waals surface area (Å²) >= 11 is 0. The van der Waals surface area contributed by atoms with Gasteiger partial charge >= 0.3 is 0 Å². The summed E-state index contributed by atoms with van der Waals surface area (Å²) in [5.74, 6) is 1.76. The summed E-state index contributed by atoms with van der Waals surface area (Å²) in [5.41, 5.74) is 12.6. The van der Waals surface area contributed by atoms with Crippen molar-refractivity contribution in [3.8, 4) is 22.4 Å². The molecular weight excluding hydrogens is 398 g/mol. The monoisotopic (exact) mass is 425 g/mol. The van der Waals surface area contributed by atoms with E-state index >= 15 is 0 Å². The fraction of sp³-hybridized carbons (Fsp3) is 0.320. The summed E-state index contributed by atoms with van der Waals surface area (Å²) in [5, 5.41) is 8.06. The van der Waals surface area contributed by atoms with Crippen molar-refractivity contribution in [3.63, 3.8) is 0 Å². The van der Waals surface area contributed by atoms with Crippen LogP contribution < -0.4 is 16.0 Å². The lowest BCUT2D eigenvalue weighted by Gasteiger charge is -2.39. The van der Waals surface area contributed by atoms with Crippen LogP contribution in [-0.4, -0.2) is 45.3 Å². The van der Waals surface area contributed by atoms with Gasteiger partial charge in [-0.3, -0.25) is 4.98 Å². The van der Waals surface area contributed by atoms with Crippen molar-refractivity contribution in [1.29, 1.82) is 0 Å². The van der Waals surface area contributed by atoms with Crippen LogP contribution in [0.15, 0.2) is 54.9 Å². The van der Waals surface area contributed by atoms with Gasteiger partial charge in [-0.05, 0) is 44.8 Å². The van der Waals surface area contributed by atoms with Crippen molar-refractivity contribution < 1.29 is 0 Å². The van der Waals surface area contributed by atoms with Gasteiger partial charge in [-0.1, -0.05) is 36.4 Å². The van der Waals surface area contributed by atoms with Crippen LogP contribution >= 0.6 is 0 Å². The number of anilines is 2. The van der Waals surface area contributed by atoms with E-state index in [1.54, 1.807) is 4.52 Å². The summed E-state index contributed by atoms with van der Waals surface area (Å²) in [6.07, 6.45) is 8.10. The Balaban J connectivity index is 1.42. The van der Waals surface area contributed by atoms with Gasteiger partial charge in [0.05, 0.1) is 11.9 Å². The van der Waals surface area contributed by atoms with Crippen LogP contribution in [0, 0.1) is 0 Å². The highest BCUT2D eigenvalue weighted by molar-refractivity contribution is 5.81. The molecule has 7 nitrogen and oxygen atoms in total. The molecule has 162 valence electrons. The van der Waals surface area contributed by atoms with E-state index in [-0.39, 0.29) is 0 Å². The van der Waals surface area contributed by atoms with Crippen molar-refractivity contribution in [2.45, 2.75) is 31.7 Å². The van der Waals surface area contributed by atoms with Gasteiger partial charge < -0.3 is 16.0 Å². The lowest BCUT2D eigenvalue weighted by molar-refractivity contribution is 0.420. The molecule has 1 fully saturated rings. The molecule has 0 saturated carbocycles. The van der Waals surface area contributed by atoms with Crippen molar-refractivity contribution >= 4 is 17.3 Å². The number of nitrogen functional groups attached to an aromatic ring is 1. The van der Waals surface area contributed by atoms with Gasteiger partial charge in [-0.2, -0.15) is 9.61 Å². The van der Waals surface area contributed by atoms with Crippen molar-refractivity contribution in [2.75, 3.05) is 30.3 Å². The first kappa shape index (κ1) is 19.3. The Bertz CT molecular complexity index is 1240. The maximum atomic E-state index is 6.63. The number of nitrogens with one attached hydrogen (secondary N) is 1. The minimum atomic E-state index is 0.517. The number of aromatic nitrogens is 4. The van der Waals surface area contributed by atoms with Gasteiger partial charge in [-0.25, -0.2) is 4.98 Å². The fourth-order valence-electron chi connectivity index (χ4n) is 5.06. The van der Waals surface area contributed by atoms with Gasteiger partial charge in [0.15, 0.2) is 5.65 Å². The molecule has 0 unspecified atom stereocenters. The van der Waals surface area contributed by atoms with Gasteiger partial charge in [0.2, 0.25) is 0 Å². The second kappa shape index (κ2) is 7.91. The minimum Gasteiger partial charge on any atom is -0.383 e. The lowest BCUT2D eigenvalue weighted by Crippen LogP contribution is -2.46. The highest BCUT2D eigenvalue weighted by atomic mass is 15.3. The largest absolute Gasteiger partial charge is 0.383 e. The Morgan fingerprint density at radius 2 is 1.81 bits per heavy atom. The number of hydrogen-bond acceptors (Lipinski definition) is 6. The Kier molecular flexibility index (Phi) is 4.76. The molecule has 1 aromatic carbocycles. The first-order chi connectivity index (χ1) is 15.8. The number of benzene rings is 1. The predicted molar refractivity (Wildman–Crippen MR) is 128 cm³/mol. The predicted octanol–water partition coefficient (Wildman–Crippen LogP) is 3.55. The third-order valence-electron chi connectivity index (χ3n) is 6.75. The van der Waals surface area contributed by atoms with Crippen LogP contribution in [0.1, 0.15) is 24.8 Å². The minimum absolute atomic E-state index is 0.517. The van der Waals surface area contributed by atoms with Gasteiger partial charge in [0.25, 0.3) is 0 Å². The van der Waals surface area contributed by atoms with Crippen molar-refractivity contribution in [2.24, 2.45) is 0 Å². The molecule has 32 heavy (non-hydrogen) atoms. The van der Waals surface area contributed by atoms with E-state index in [4.69, 9.17) is 15.7 Å². The number of piperidine rings is 1. The molecule has 3 aromatic heterocycles. The summed E-state index contributed by atoms with van der Waals surface area (Å²) < 4.78 is 1.80. The second-order valence-electron chi connectivity index (χ2n) is 8.67. The second-order valence-corrected chi connectivity index (χ2v) is 8.67. The lowest BCUT2D eigenvalue weighted by atomic mass is 9.99. The zero-order valence-electron chi connectivity index (χ0n) is 18.0. The third kappa shape index (κ3) is 3.20. The van der Waals surface area contributed by atoms with Gasteiger partial charge in [0.1, 0.15) is 11.6 Å². The first-order valence-corrected chi connectivity index (χ1v) is 11.4. The Morgan fingerprint density at radius 1 is 0.969 bits per heavy atom. The van der Waals surface area contributed by atoms with Gasteiger partial charge in [-0.15, -0.1) is 0 Å². The summed E-state index contributed by atoms with van der Waals surface area (Å²) in [6, 6.07) is 14.9. The molecular formula is C25H27N7. The molecule has 0 spiro atoms. The van der Waals surface area contributed by atoms with E-state index < -0.39 is 0 Å². The number of pyridine rings is 1. The first-order valence-electron chi connectivity index (χ1n) is 11.4. The molecule has 2 aliphatic heterocycles. The molecule has 0 amide bonds. The molecule has 0 aliphatic carbocycles. The normalized spacial score (nSPS) is 16.9. The Hall–Kier alpha value is -3.45. The zero-order valence-corrected chi connectivity index (χ0v) is 18.0. The average molecular weight is 426 g/mol. The van der Waals surface area contributed by atoms with Crippen LogP contribution in [0.4, 0.5) is 11.6 Å². The third-order valence-corrected chi connectivity index (χ3v) is 6.75. The molecule has 3 N–H and O–H groups in total. The quantitative estimate of drug-likeness (QED) is 0.522. The number of nitrogens with two attached hydrogens (primary N) is 1.